The molecule has 1 aliphatic heterocycles. The second kappa shape index (κ2) is 5.81. The molecule has 1 N–H and O–H groups in total. The van der Waals surface area contributed by atoms with E-state index in [1.807, 2.05) is 18.3 Å². The molecule has 1 fully saturated rings. The SMILES string of the molecule is C=CC(=O)N1CC(c2nc3cc(-c4c(C)ccc5[nH]ncc45)ccc3o2)C1. The van der Waals surface area contributed by atoms with Gasteiger partial charge in [-0.05, 0) is 47.9 Å². The molecule has 1 aliphatic rings. The number of carbonyl (C=O) groups is 1. The first-order chi connectivity index (χ1) is 13.1. The Kier molecular flexibility index (Phi) is 3.40. The molecule has 0 atom stereocenters. The largest absolute Gasteiger partial charge is 0.440 e. The highest BCUT2D eigenvalue weighted by Crippen LogP contribution is 2.34. The number of H-pyrrole nitrogens is 1. The van der Waals surface area contributed by atoms with Gasteiger partial charge in [0.05, 0.1) is 17.6 Å². The van der Waals surface area contributed by atoms with Gasteiger partial charge in [-0.1, -0.05) is 18.7 Å². The number of hydrogen-bond acceptors (Lipinski definition) is 4. The van der Waals surface area contributed by atoms with E-state index in [4.69, 9.17) is 4.42 Å². The Morgan fingerprint density at radius 2 is 2.19 bits per heavy atom. The fraction of sp³-hybridized carbons (Fsp3) is 0.190. The van der Waals surface area contributed by atoms with Crippen LogP contribution in [0.15, 0.2) is 53.6 Å². The van der Waals surface area contributed by atoms with E-state index >= 15 is 0 Å². The van der Waals surface area contributed by atoms with Crippen molar-refractivity contribution >= 4 is 27.9 Å². The molecule has 27 heavy (non-hydrogen) atoms. The maximum atomic E-state index is 11.6. The topological polar surface area (TPSA) is 75.0 Å². The van der Waals surface area contributed by atoms with E-state index in [9.17, 15) is 4.79 Å². The number of aromatic amines is 1. The van der Waals surface area contributed by atoms with Crippen LogP contribution in [-0.4, -0.2) is 39.1 Å². The summed E-state index contributed by atoms with van der Waals surface area (Å²) >= 11 is 0. The molecule has 6 heteroatoms. The second-order valence-electron chi connectivity index (χ2n) is 6.97. The first kappa shape index (κ1) is 15.8. The van der Waals surface area contributed by atoms with Crippen molar-refractivity contribution in [3.05, 3.63) is 60.6 Å². The highest BCUT2D eigenvalue weighted by Gasteiger charge is 2.34. The van der Waals surface area contributed by atoms with Gasteiger partial charge in [0.2, 0.25) is 11.8 Å². The Hall–Kier alpha value is -3.41. The zero-order valence-corrected chi connectivity index (χ0v) is 14.9. The summed E-state index contributed by atoms with van der Waals surface area (Å²) < 4.78 is 5.93. The lowest BCUT2D eigenvalue weighted by molar-refractivity contribution is -0.130. The van der Waals surface area contributed by atoms with Crippen LogP contribution in [0.4, 0.5) is 0 Å². The van der Waals surface area contributed by atoms with E-state index in [0.29, 0.717) is 19.0 Å². The lowest BCUT2D eigenvalue weighted by atomic mass is 9.97. The van der Waals surface area contributed by atoms with Crippen LogP contribution in [0.5, 0.6) is 0 Å². The third kappa shape index (κ3) is 2.44. The van der Waals surface area contributed by atoms with Crippen LogP contribution in [0.3, 0.4) is 0 Å². The number of likely N-dealkylation sites (tertiary alicyclic amines) is 1. The van der Waals surface area contributed by atoms with E-state index in [1.54, 1.807) is 4.90 Å². The molecule has 2 aromatic heterocycles. The summed E-state index contributed by atoms with van der Waals surface area (Å²) in [6.07, 6.45) is 3.20. The lowest BCUT2D eigenvalue weighted by Gasteiger charge is -2.36. The van der Waals surface area contributed by atoms with E-state index < -0.39 is 0 Å². The van der Waals surface area contributed by atoms with Gasteiger partial charge >= 0.3 is 0 Å². The predicted octanol–water partition coefficient (Wildman–Crippen LogP) is 3.79. The number of benzene rings is 2. The monoisotopic (exact) mass is 358 g/mol. The van der Waals surface area contributed by atoms with E-state index in [1.165, 1.54) is 11.6 Å². The van der Waals surface area contributed by atoms with Crippen LogP contribution >= 0.6 is 0 Å². The molecule has 1 saturated heterocycles. The Bertz CT molecular complexity index is 1200. The number of hydrogen-bond donors (Lipinski definition) is 1. The van der Waals surface area contributed by atoms with Crippen LogP contribution in [-0.2, 0) is 4.79 Å². The number of amides is 1. The van der Waals surface area contributed by atoms with Crippen LogP contribution in [0, 0.1) is 6.92 Å². The Balaban J connectivity index is 1.51. The summed E-state index contributed by atoms with van der Waals surface area (Å²) in [4.78, 5) is 18.0. The molecule has 6 nitrogen and oxygen atoms in total. The van der Waals surface area contributed by atoms with Gasteiger partial charge in [-0.25, -0.2) is 4.98 Å². The molecule has 1 amide bonds. The van der Waals surface area contributed by atoms with Crippen molar-refractivity contribution in [3.63, 3.8) is 0 Å². The zero-order chi connectivity index (χ0) is 18.5. The van der Waals surface area contributed by atoms with Gasteiger partial charge in [0, 0.05) is 18.5 Å². The maximum absolute atomic E-state index is 11.6. The normalized spacial score (nSPS) is 14.6. The quantitative estimate of drug-likeness (QED) is 0.565. The van der Waals surface area contributed by atoms with Gasteiger partial charge < -0.3 is 9.32 Å². The number of nitrogens with one attached hydrogen (secondary N) is 1. The van der Waals surface area contributed by atoms with Crippen LogP contribution in [0.1, 0.15) is 17.4 Å². The van der Waals surface area contributed by atoms with Crippen LogP contribution in [0.25, 0.3) is 33.1 Å². The molecule has 0 saturated carbocycles. The molecule has 134 valence electrons. The number of fused-ring (bicyclic) bond motifs is 2. The molecule has 5 rings (SSSR count). The van der Waals surface area contributed by atoms with Crippen molar-refractivity contribution in [1.29, 1.82) is 0 Å². The van der Waals surface area contributed by atoms with Gasteiger partial charge in [-0.2, -0.15) is 5.10 Å². The summed E-state index contributed by atoms with van der Waals surface area (Å²) in [6.45, 7) is 6.87. The molecule has 3 heterocycles. The molecular weight excluding hydrogens is 340 g/mol. The predicted molar refractivity (Wildman–Crippen MR) is 103 cm³/mol. The summed E-state index contributed by atoms with van der Waals surface area (Å²) in [5.41, 5.74) is 6.03. The lowest BCUT2D eigenvalue weighted by Crippen LogP contribution is -2.47. The highest BCUT2D eigenvalue weighted by atomic mass is 16.3. The first-order valence-electron chi connectivity index (χ1n) is 8.89. The third-order valence-corrected chi connectivity index (χ3v) is 5.24. The van der Waals surface area contributed by atoms with Crippen LogP contribution in [0.2, 0.25) is 0 Å². The van der Waals surface area contributed by atoms with Gasteiger partial charge in [-0.3, -0.25) is 9.89 Å². The maximum Gasteiger partial charge on any atom is 0.246 e. The molecule has 0 radical (unpaired) electrons. The standard InChI is InChI=1S/C21H18N4O2/c1-3-19(26)25-10-14(11-25)21-23-17-8-13(5-7-18(17)27-21)20-12(2)4-6-16-15(20)9-22-24-16/h3-9,14H,1,10-11H2,2H3,(H,22,24). The first-order valence-corrected chi connectivity index (χ1v) is 8.89. The van der Waals surface area contributed by atoms with Crippen molar-refractivity contribution in [3.8, 4) is 11.1 Å². The molecule has 0 aliphatic carbocycles. The Morgan fingerprint density at radius 1 is 1.33 bits per heavy atom. The molecule has 0 spiro atoms. The highest BCUT2D eigenvalue weighted by molar-refractivity contribution is 5.97. The van der Waals surface area contributed by atoms with E-state index in [0.717, 1.165) is 33.1 Å². The smallest absolute Gasteiger partial charge is 0.246 e. The number of carbonyl (C=O) groups excluding carboxylic acids is 1. The van der Waals surface area contributed by atoms with Crippen molar-refractivity contribution in [1.82, 2.24) is 20.1 Å². The van der Waals surface area contributed by atoms with Crippen molar-refractivity contribution in [2.75, 3.05) is 13.1 Å². The number of nitrogens with zero attached hydrogens (tertiary/aromatic N) is 3. The number of aromatic nitrogens is 3. The summed E-state index contributed by atoms with van der Waals surface area (Å²) in [6, 6.07) is 10.2. The average molecular weight is 358 g/mol. The van der Waals surface area contributed by atoms with Crippen molar-refractivity contribution in [2.45, 2.75) is 12.8 Å². The second-order valence-corrected chi connectivity index (χ2v) is 6.97. The Morgan fingerprint density at radius 3 is 3.00 bits per heavy atom. The number of oxazole rings is 1. The Labute approximate surface area is 155 Å². The molecule has 2 aromatic carbocycles. The van der Waals surface area contributed by atoms with E-state index in [2.05, 4.69) is 46.9 Å². The van der Waals surface area contributed by atoms with Gasteiger partial charge in [0.1, 0.15) is 5.52 Å². The third-order valence-electron chi connectivity index (χ3n) is 5.24. The fourth-order valence-electron chi connectivity index (χ4n) is 3.73. The summed E-state index contributed by atoms with van der Waals surface area (Å²) in [5, 5.41) is 8.28. The summed E-state index contributed by atoms with van der Waals surface area (Å²) in [7, 11) is 0. The van der Waals surface area contributed by atoms with Crippen molar-refractivity contribution < 1.29 is 9.21 Å². The molecule has 4 aromatic rings. The molecular formula is C21H18N4O2. The minimum Gasteiger partial charge on any atom is -0.440 e. The van der Waals surface area contributed by atoms with E-state index in [-0.39, 0.29) is 11.8 Å². The average Bonchev–Trinajstić information content (AvgIpc) is 3.25. The fourth-order valence-corrected chi connectivity index (χ4v) is 3.73. The number of rotatable bonds is 3. The molecule has 0 unspecified atom stereocenters. The summed E-state index contributed by atoms with van der Waals surface area (Å²) in [5.74, 6) is 0.783. The minimum absolute atomic E-state index is 0.0478. The zero-order valence-electron chi connectivity index (χ0n) is 14.9. The minimum atomic E-state index is -0.0478. The molecule has 0 bridgehead atoms. The van der Waals surface area contributed by atoms with Gasteiger partial charge in [0.15, 0.2) is 5.58 Å². The van der Waals surface area contributed by atoms with Gasteiger partial charge in [-0.15, -0.1) is 0 Å². The van der Waals surface area contributed by atoms with Crippen LogP contribution < -0.4 is 0 Å². The van der Waals surface area contributed by atoms with Crippen molar-refractivity contribution in [2.24, 2.45) is 0 Å². The number of aryl methyl sites for hydroxylation is 1. The van der Waals surface area contributed by atoms with Gasteiger partial charge in [0.25, 0.3) is 0 Å².